The SMILES string of the molecule is CCOC(=O)Cn1nc(C(C)C)c2nc(C(F)(F)F)ccc2c1=O. The van der Waals surface area contributed by atoms with Gasteiger partial charge in [0.05, 0.1) is 17.7 Å². The molecule has 130 valence electrons. The second kappa shape index (κ2) is 6.58. The number of aromatic nitrogens is 3. The van der Waals surface area contributed by atoms with Crippen molar-refractivity contribution < 1.29 is 22.7 Å². The quantitative estimate of drug-likeness (QED) is 0.798. The predicted octanol–water partition coefficient (Wildman–Crippen LogP) is 2.50. The summed E-state index contributed by atoms with van der Waals surface area (Å²) in [5, 5.41) is 4.00. The minimum absolute atomic E-state index is 0.0222. The van der Waals surface area contributed by atoms with Crippen LogP contribution in [0.25, 0.3) is 10.9 Å². The number of nitrogens with zero attached hydrogens (tertiary/aromatic N) is 3. The highest BCUT2D eigenvalue weighted by atomic mass is 19.4. The van der Waals surface area contributed by atoms with Gasteiger partial charge in [0.15, 0.2) is 0 Å². The van der Waals surface area contributed by atoms with Gasteiger partial charge in [0.1, 0.15) is 17.8 Å². The van der Waals surface area contributed by atoms with Crippen molar-refractivity contribution in [3.8, 4) is 0 Å². The Morgan fingerprint density at radius 1 is 1.33 bits per heavy atom. The van der Waals surface area contributed by atoms with E-state index in [1.165, 1.54) is 0 Å². The van der Waals surface area contributed by atoms with Crippen LogP contribution >= 0.6 is 0 Å². The van der Waals surface area contributed by atoms with Gasteiger partial charge in [-0.1, -0.05) is 13.8 Å². The molecule has 0 amide bonds. The first kappa shape index (κ1) is 17.9. The van der Waals surface area contributed by atoms with Gasteiger partial charge in [-0.15, -0.1) is 0 Å². The molecular weight excluding hydrogens is 327 g/mol. The van der Waals surface area contributed by atoms with Gasteiger partial charge >= 0.3 is 12.1 Å². The summed E-state index contributed by atoms with van der Waals surface area (Å²) in [5.41, 5.74) is -1.69. The third kappa shape index (κ3) is 3.55. The highest BCUT2D eigenvalue weighted by Crippen LogP contribution is 2.29. The topological polar surface area (TPSA) is 74.1 Å². The Hall–Kier alpha value is -2.45. The van der Waals surface area contributed by atoms with E-state index in [2.05, 4.69) is 10.1 Å². The Morgan fingerprint density at radius 3 is 2.54 bits per heavy atom. The number of ether oxygens (including phenoxy) is 1. The molecule has 0 bridgehead atoms. The highest BCUT2D eigenvalue weighted by molar-refractivity contribution is 5.80. The molecule has 24 heavy (non-hydrogen) atoms. The first-order valence-electron chi connectivity index (χ1n) is 7.29. The molecule has 0 N–H and O–H groups in total. The molecule has 2 rings (SSSR count). The zero-order valence-electron chi connectivity index (χ0n) is 13.3. The lowest BCUT2D eigenvalue weighted by atomic mass is 10.1. The molecular formula is C15H16F3N3O3. The molecule has 0 atom stereocenters. The maximum atomic E-state index is 12.9. The van der Waals surface area contributed by atoms with Crippen LogP contribution in [0.2, 0.25) is 0 Å². The summed E-state index contributed by atoms with van der Waals surface area (Å²) >= 11 is 0. The molecule has 0 fully saturated rings. The number of alkyl halides is 3. The van der Waals surface area contributed by atoms with Gasteiger partial charge in [-0.25, -0.2) is 9.67 Å². The normalized spacial score (nSPS) is 12.0. The Bertz CT molecular complexity index is 828. The lowest BCUT2D eigenvalue weighted by Gasteiger charge is -2.13. The number of esters is 1. The van der Waals surface area contributed by atoms with Crippen molar-refractivity contribution in [2.45, 2.75) is 39.4 Å². The van der Waals surface area contributed by atoms with Crippen LogP contribution in [0.15, 0.2) is 16.9 Å². The Balaban J connectivity index is 2.68. The van der Waals surface area contributed by atoms with Crippen LogP contribution in [-0.2, 0) is 22.3 Å². The summed E-state index contributed by atoms with van der Waals surface area (Å²) in [5.74, 6) is -0.946. The molecule has 2 aromatic rings. The van der Waals surface area contributed by atoms with E-state index < -0.39 is 29.9 Å². The summed E-state index contributed by atoms with van der Waals surface area (Å²) in [4.78, 5) is 27.5. The van der Waals surface area contributed by atoms with E-state index in [1.807, 2.05) is 0 Å². The van der Waals surface area contributed by atoms with Crippen molar-refractivity contribution in [2.75, 3.05) is 6.61 Å². The number of pyridine rings is 1. The smallest absolute Gasteiger partial charge is 0.433 e. The van der Waals surface area contributed by atoms with Gasteiger partial charge in [-0.2, -0.15) is 18.3 Å². The zero-order chi connectivity index (χ0) is 18.1. The lowest BCUT2D eigenvalue weighted by Crippen LogP contribution is -2.29. The minimum Gasteiger partial charge on any atom is -0.465 e. The summed E-state index contributed by atoms with van der Waals surface area (Å²) in [6, 6.07) is 1.80. The fraction of sp³-hybridized carbons (Fsp3) is 0.467. The van der Waals surface area contributed by atoms with Crippen LogP contribution in [-0.4, -0.2) is 27.3 Å². The average molecular weight is 343 g/mol. The molecule has 0 spiro atoms. The molecule has 0 saturated carbocycles. The number of carbonyl (C=O) groups excluding carboxylic acids is 1. The number of rotatable bonds is 4. The maximum Gasteiger partial charge on any atom is 0.433 e. The minimum atomic E-state index is -4.62. The Morgan fingerprint density at radius 2 is 2.00 bits per heavy atom. The number of hydrogen-bond acceptors (Lipinski definition) is 5. The van der Waals surface area contributed by atoms with Crippen LogP contribution in [0.4, 0.5) is 13.2 Å². The molecule has 0 aliphatic rings. The average Bonchev–Trinajstić information content (AvgIpc) is 2.48. The zero-order valence-corrected chi connectivity index (χ0v) is 13.3. The maximum absolute atomic E-state index is 12.9. The van der Waals surface area contributed by atoms with Crippen LogP contribution < -0.4 is 5.56 Å². The van der Waals surface area contributed by atoms with E-state index in [9.17, 15) is 22.8 Å². The highest BCUT2D eigenvalue weighted by Gasteiger charge is 2.33. The molecule has 0 aliphatic carbocycles. The van der Waals surface area contributed by atoms with E-state index in [4.69, 9.17) is 4.74 Å². The Kier molecular flexibility index (Phi) is 4.91. The molecule has 0 saturated heterocycles. The molecule has 0 unspecified atom stereocenters. The van der Waals surface area contributed by atoms with Crippen LogP contribution in [0.5, 0.6) is 0 Å². The number of halogens is 3. The first-order valence-corrected chi connectivity index (χ1v) is 7.29. The van der Waals surface area contributed by atoms with E-state index >= 15 is 0 Å². The van der Waals surface area contributed by atoms with Crippen molar-refractivity contribution >= 4 is 16.9 Å². The van der Waals surface area contributed by atoms with Crippen LogP contribution in [0.3, 0.4) is 0 Å². The standard InChI is InChI=1S/C15H16F3N3O3/c1-4-24-11(22)7-21-14(23)9-5-6-10(15(16,17)18)19-13(9)12(20-21)8(2)3/h5-6,8H,4,7H2,1-3H3. The summed E-state index contributed by atoms with van der Waals surface area (Å²) in [6.45, 7) is 4.78. The predicted molar refractivity (Wildman–Crippen MR) is 79.5 cm³/mol. The van der Waals surface area contributed by atoms with Gasteiger partial charge in [-0.05, 0) is 25.0 Å². The van der Waals surface area contributed by atoms with Crippen LogP contribution in [0.1, 0.15) is 38.1 Å². The molecule has 9 heteroatoms. The van der Waals surface area contributed by atoms with Crippen molar-refractivity contribution in [3.63, 3.8) is 0 Å². The van der Waals surface area contributed by atoms with Crippen molar-refractivity contribution in [2.24, 2.45) is 0 Å². The molecule has 0 aliphatic heterocycles. The third-order valence-corrected chi connectivity index (χ3v) is 3.25. The second-order valence-corrected chi connectivity index (χ2v) is 5.40. The van der Waals surface area contributed by atoms with Gasteiger partial charge in [0.2, 0.25) is 0 Å². The molecule has 0 radical (unpaired) electrons. The number of carbonyl (C=O) groups is 1. The molecule has 6 nitrogen and oxygen atoms in total. The number of hydrogen-bond donors (Lipinski definition) is 0. The van der Waals surface area contributed by atoms with Gasteiger partial charge in [-0.3, -0.25) is 9.59 Å². The van der Waals surface area contributed by atoms with Crippen LogP contribution in [0, 0.1) is 0 Å². The molecule has 2 aromatic heterocycles. The lowest BCUT2D eigenvalue weighted by molar-refractivity contribution is -0.144. The number of fused-ring (bicyclic) bond motifs is 1. The Labute approximate surface area is 135 Å². The van der Waals surface area contributed by atoms with E-state index in [0.29, 0.717) is 0 Å². The van der Waals surface area contributed by atoms with Gasteiger partial charge in [0, 0.05) is 0 Å². The fourth-order valence-electron chi connectivity index (χ4n) is 2.17. The third-order valence-electron chi connectivity index (χ3n) is 3.25. The largest absolute Gasteiger partial charge is 0.465 e. The monoisotopic (exact) mass is 343 g/mol. The molecule has 0 aromatic carbocycles. The van der Waals surface area contributed by atoms with E-state index in [1.54, 1.807) is 20.8 Å². The molecule has 2 heterocycles. The van der Waals surface area contributed by atoms with Crippen molar-refractivity contribution in [1.82, 2.24) is 14.8 Å². The second-order valence-electron chi connectivity index (χ2n) is 5.40. The summed E-state index contributed by atoms with van der Waals surface area (Å²) in [7, 11) is 0. The fourth-order valence-corrected chi connectivity index (χ4v) is 2.17. The summed E-state index contributed by atoms with van der Waals surface area (Å²) < 4.78 is 44.2. The summed E-state index contributed by atoms with van der Waals surface area (Å²) in [6.07, 6.45) is -4.62. The van der Waals surface area contributed by atoms with E-state index in [-0.39, 0.29) is 29.1 Å². The first-order chi connectivity index (χ1) is 11.1. The van der Waals surface area contributed by atoms with Crippen molar-refractivity contribution in [3.05, 3.63) is 33.9 Å². The van der Waals surface area contributed by atoms with Gasteiger partial charge in [0.25, 0.3) is 5.56 Å². The van der Waals surface area contributed by atoms with E-state index in [0.717, 1.165) is 16.8 Å². The van der Waals surface area contributed by atoms with Gasteiger partial charge < -0.3 is 4.74 Å². The van der Waals surface area contributed by atoms with Crippen molar-refractivity contribution in [1.29, 1.82) is 0 Å².